The molecular formula is C12H12N2O3S. The normalized spacial score (nSPS) is 34.1. The zero-order valence-corrected chi connectivity index (χ0v) is 10.7. The van der Waals surface area contributed by atoms with Crippen molar-refractivity contribution in [1.29, 1.82) is 0 Å². The minimum Gasteiger partial charge on any atom is -0.365 e. The Bertz CT molecular complexity index is 576. The lowest BCUT2D eigenvalue weighted by atomic mass is 9.83. The number of thioether (sulfide) groups is 1. The number of anilines is 1. The first-order chi connectivity index (χ1) is 8.40. The van der Waals surface area contributed by atoms with Crippen molar-refractivity contribution in [2.45, 2.75) is 17.4 Å². The summed E-state index contributed by atoms with van der Waals surface area (Å²) >= 11 is 0.835. The number of hydrogen-bond donors (Lipinski definition) is 2. The number of nitrogens with zero attached hydrogens (tertiary/aromatic N) is 1. The average molecular weight is 264 g/mol. The Morgan fingerprint density at radius 1 is 1.33 bits per heavy atom. The van der Waals surface area contributed by atoms with Gasteiger partial charge in [0.05, 0.1) is 5.69 Å². The fourth-order valence-corrected chi connectivity index (χ4v) is 3.68. The molecule has 2 atom stereocenters. The maximum atomic E-state index is 12.4. The molecule has 1 saturated heterocycles. The van der Waals surface area contributed by atoms with Crippen LogP contribution in [0, 0.1) is 0 Å². The number of para-hydroxylation sites is 1. The zero-order valence-electron chi connectivity index (χ0n) is 9.93. The van der Waals surface area contributed by atoms with Crippen LogP contribution in [0.2, 0.25) is 0 Å². The van der Waals surface area contributed by atoms with Gasteiger partial charge in [-0.05, 0) is 24.8 Å². The third-order valence-corrected chi connectivity index (χ3v) is 4.80. The number of hydrogen-bond acceptors (Lipinski definition) is 4. The quantitative estimate of drug-likeness (QED) is 0.734. The molecule has 18 heavy (non-hydrogen) atoms. The molecule has 2 aliphatic heterocycles. The van der Waals surface area contributed by atoms with Crippen LogP contribution in [0.1, 0.15) is 12.5 Å². The smallest absolute Gasteiger partial charge is 0.282 e. The molecule has 2 unspecified atom stereocenters. The van der Waals surface area contributed by atoms with E-state index >= 15 is 0 Å². The van der Waals surface area contributed by atoms with Crippen molar-refractivity contribution in [3.63, 3.8) is 0 Å². The van der Waals surface area contributed by atoms with Gasteiger partial charge in [-0.15, -0.1) is 0 Å². The van der Waals surface area contributed by atoms with E-state index in [1.54, 1.807) is 38.2 Å². The van der Waals surface area contributed by atoms with E-state index in [2.05, 4.69) is 5.32 Å². The summed E-state index contributed by atoms with van der Waals surface area (Å²) in [6.07, 6.45) is 0. The van der Waals surface area contributed by atoms with Gasteiger partial charge in [-0.2, -0.15) is 0 Å². The van der Waals surface area contributed by atoms with Crippen LogP contribution in [0.4, 0.5) is 10.5 Å². The van der Waals surface area contributed by atoms with Gasteiger partial charge in [-0.3, -0.25) is 9.59 Å². The molecular weight excluding hydrogens is 252 g/mol. The van der Waals surface area contributed by atoms with E-state index in [1.807, 2.05) is 0 Å². The van der Waals surface area contributed by atoms with Gasteiger partial charge in [-0.1, -0.05) is 18.2 Å². The number of carbonyl (C=O) groups excluding carboxylic acids is 2. The largest absolute Gasteiger partial charge is 0.365 e. The molecule has 0 spiro atoms. The topological polar surface area (TPSA) is 69.6 Å². The minimum absolute atomic E-state index is 0.285. The van der Waals surface area contributed by atoms with Crippen LogP contribution >= 0.6 is 11.8 Å². The highest BCUT2D eigenvalue weighted by Crippen LogP contribution is 2.53. The van der Waals surface area contributed by atoms with Crippen molar-refractivity contribution in [2.75, 3.05) is 11.9 Å². The van der Waals surface area contributed by atoms with Gasteiger partial charge in [0.1, 0.15) is 0 Å². The fraction of sp³-hybridized carbons (Fsp3) is 0.333. The third kappa shape index (κ3) is 1.12. The van der Waals surface area contributed by atoms with Crippen LogP contribution < -0.4 is 10.2 Å². The second-order valence-electron chi connectivity index (χ2n) is 4.64. The summed E-state index contributed by atoms with van der Waals surface area (Å²) in [5.74, 6) is -0.285. The number of benzene rings is 1. The van der Waals surface area contributed by atoms with Gasteiger partial charge in [0, 0.05) is 12.6 Å². The SMILES string of the molecule is CN1C(=O)C2(C)SC(=O)NC2(O)c2ccccc21. The van der Waals surface area contributed by atoms with Crippen molar-refractivity contribution >= 4 is 28.6 Å². The summed E-state index contributed by atoms with van der Waals surface area (Å²) in [7, 11) is 1.65. The summed E-state index contributed by atoms with van der Waals surface area (Å²) in [6, 6.07) is 7.04. The fourth-order valence-electron chi connectivity index (χ4n) is 2.58. The average Bonchev–Trinajstić information content (AvgIpc) is 2.59. The van der Waals surface area contributed by atoms with Crippen LogP contribution in [0.3, 0.4) is 0 Å². The Hall–Kier alpha value is -1.53. The number of rotatable bonds is 0. The minimum atomic E-state index is -1.64. The Morgan fingerprint density at radius 3 is 2.72 bits per heavy atom. The highest BCUT2D eigenvalue weighted by molar-refractivity contribution is 8.15. The Kier molecular flexibility index (Phi) is 2.10. The lowest BCUT2D eigenvalue weighted by Crippen LogP contribution is -2.62. The molecule has 0 bridgehead atoms. The lowest BCUT2D eigenvalue weighted by Gasteiger charge is -2.44. The maximum Gasteiger partial charge on any atom is 0.282 e. The van der Waals surface area contributed by atoms with Crippen molar-refractivity contribution in [1.82, 2.24) is 5.32 Å². The van der Waals surface area contributed by atoms with E-state index in [-0.39, 0.29) is 5.91 Å². The number of aliphatic hydroxyl groups is 1. The van der Waals surface area contributed by atoms with E-state index < -0.39 is 15.7 Å². The predicted molar refractivity (Wildman–Crippen MR) is 68.3 cm³/mol. The number of fused-ring (bicyclic) bond motifs is 3. The van der Waals surface area contributed by atoms with Crippen molar-refractivity contribution < 1.29 is 14.7 Å². The third-order valence-electron chi connectivity index (χ3n) is 3.64. The molecule has 0 aromatic heterocycles. The number of nitrogens with one attached hydrogen (secondary N) is 1. The monoisotopic (exact) mass is 264 g/mol. The molecule has 2 amide bonds. The Balaban J connectivity index is 2.32. The molecule has 94 valence electrons. The molecule has 2 heterocycles. The summed E-state index contributed by atoms with van der Waals surface area (Å²) in [5, 5.41) is 12.9. The molecule has 6 heteroatoms. The van der Waals surface area contributed by atoms with Crippen LogP contribution in [-0.2, 0) is 10.5 Å². The van der Waals surface area contributed by atoms with Gasteiger partial charge in [0.2, 0.25) is 5.91 Å². The zero-order chi connectivity index (χ0) is 13.1. The van der Waals surface area contributed by atoms with Crippen LogP contribution in [0.25, 0.3) is 0 Å². The molecule has 1 aromatic rings. The van der Waals surface area contributed by atoms with E-state index in [0.717, 1.165) is 11.8 Å². The second kappa shape index (κ2) is 3.27. The Labute approximate surface area is 108 Å². The van der Waals surface area contributed by atoms with Crippen LogP contribution in [-0.4, -0.2) is 28.0 Å². The van der Waals surface area contributed by atoms with E-state index in [9.17, 15) is 14.7 Å². The summed E-state index contributed by atoms with van der Waals surface area (Å²) in [6.45, 7) is 1.59. The van der Waals surface area contributed by atoms with Gasteiger partial charge in [0.15, 0.2) is 10.5 Å². The first-order valence-electron chi connectivity index (χ1n) is 5.51. The predicted octanol–water partition coefficient (Wildman–Crippen LogP) is 1.02. The molecule has 1 fully saturated rings. The summed E-state index contributed by atoms with van der Waals surface area (Å²) in [4.78, 5) is 25.5. The molecule has 0 aliphatic carbocycles. The van der Waals surface area contributed by atoms with Gasteiger partial charge in [-0.25, -0.2) is 0 Å². The molecule has 0 radical (unpaired) electrons. The standard InChI is InChI=1S/C12H12N2O3S/c1-11-9(15)14(2)8-6-4-3-5-7(8)12(11,17)13-10(16)18-11/h3-6,17H,1-2H3,(H,13,16). The first kappa shape index (κ1) is 11.6. The highest BCUT2D eigenvalue weighted by atomic mass is 32.2. The van der Waals surface area contributed by atoms with Crippen molar-refractivity contribution in [2.24, 2.45) is 0 Å². The molecule has 5 nitrogen and oxygen atoms in total. The maximum absolute atomic E-state index is 12.4. The second-order valence-corrected chi connectivity index (χ2v) is 6.03. The van der Waals surface area contributed by atoms with Gasteiger partial charge in [0.25, 0.3) is 5.24 Å². The summed E-state index contributed by atoms with van der Waals surface area (Å²) < 4.78 is -1.23. The summed E-state index contributed by atoms with van der Waals surface area (Å²) in [5.41, 5.74) is -0.479. The molecule has 1 aromatic carbocycles. The van der Waals surface area contributed by atoms with E-state index in [0.29, 0.717) is 11.3 Å². The van der Waals surface area contributed by atoms with Gasteiger partial charge < -0.3 is 15.3 Å². The van der Waals surface area contributed by atoms with Crippen LogP contribution in [0.15, 0.2) is 24.3 Å². The lowest BCUT2D eigenvalue weighted by molar-refractivity contribution is -0.130. The van der Waals surface area contributed by atoms with Crippen LogP contribution in [0.5, 0.6) is 0 Å². The van der Waals surface area contributed by atoms with E-state index in [4.69, 9.17) is 0 Å². The van der Waals surface area contributed by atoms with Crippen molar-refractivity contribution in [3.05, 3.63) is 29.8 Å². The molecule has 2 N–H and O–H groups in total. The molecule has 2 aliphatic rings. The first-order valence-corrected chi connectivity index (χ1v) is 6.33. The highest BCUT2D eigenvalue weighted by Gasteiger charge is 2.65. The van der Waals surface area contributed by atoms with E-state index in [1.165, 1.54) is 4.90 Å². The van der Waals surface area contributed by atoms with Gasteiger partial charge >= 0.3 is 0 Å². The molecule has 3 rings (SSSR count). The van der Waals surface area contributed by atoms with Crippen molar-refractivity contribution in [3.8, 4) is 0 Å². The number of carbonyl (C=O) groups is 2. The number of amides is 2. The molecule has 0 saturated carbocycles. The Morgan fingerprint density at radius 2 is 2.00 bits per heavy atom.